The van der Waals surface area contributed by atoms with E-state index in [0.29, 0.717) is 0 Å². The summed E-state index contributed by atoms with van der Waals surface area (Å²) in [5.41, 5.74) is 3.95. The lowest BCUT2D eigenvalue weighted by molar-refractivity contribution is -0.539. The van der Waals surface area contributed by atoms with Gasteiger partial charge in [-0.05, 0) is 12.1 Å². The van der Waals surface area contributed by atoms with E-state index in [1.54, 1.807) is 0 Å². The van der Waals surface area contributed by atoms with Crippen LogP contribution < -0.4 is 4.90 Å². The molecule has 0 N–H and O–H groups in total. The Hall–Kier alpha value is -2.09. The topological polar surface area (TPSA) is 6.25 Å². The molecule has 1 aliphatic heterocycles. The standard InChI is InChI=1S/C16H17N2/c1-17-13-18(11-14-7-3-2-4-8-14)12-15-9-5-6-10-16(15)17/h2-10,12H,11,13H2,1H3/q+1. The average molecular weight is 237 g/mol. The Labute approximate surface area is 108 Å². The van der Waals surface area contributed by atoms with Crippen LogP contribution in [0.3, 0.4) is 0 Å². The molecule has 0 amide bonds. The number of fused-ring (bicyclic) bond motifs is 1. The van der Waals surface area contributed by atoms with E-state index < -0.39 is 0 Å². The van der Waals surface area contributed by atoms with Crippen molar-refractivity contribution in [2.45, 2.75) is 6.54 Å². The number of nitrogens with zero attached hydrogens (tertiary/aromatic N) is 2. The lowest BCUT2D eigenvalue weighted by atomic mass is 10.1. The molecule has 0 aliphatic carbocycles. The minimum absolute atomic E-state index is 0.936. The van der Waals surface area contributed by atoms with E-state index in [1.165, 1.54) is 16.8 Å². The number of rotatable bonds is 2. The van der Waals surface area contributed by atoms with Gasteiger partial charge in [-0.25, -0.2) is 4.58 Å². The van der Waals surface area contributed by atoms with Crippen LogP contribution in [-0.4, -0.2) is 24.5 Å². The minimum Gasteiger partial charge on any atom is -0.319 e. The van der Waals surface area contributed by atoms with Gasteiger partial charge in [0.05, 0.1) is 11.3 Å². The Bertz CT molecular complexity index is 573. The summed E-state index contributed by atoms with van der Waals surface area (Å²) >= 11 is 0. The normalized spacial score (nSPS) is 14.1. The predicted octanol–water partition coefficient (Wildman–Crippen LogP) is 2.73. The molecule has 0 unspecified atom stereocenters. The van der Waals surface area contributed by atoms with Crippen LogP contribution in [0.25, 0.3) is 0 Å². The third-order valence-corrected chi connectivity index (χ3v) is 3.29. The average Bonchev–Trinajstić information content (AvgIpc) is 2.40. The Morgan fingerprint density at radius 3 is 2.56 bits per heavy atom. The molecule has 0 bridgehead atoms. The largest absolute Gasteiger partial charge is 0.319 e. The van der Waals surface area contributed by atoms with Crippen molar-refractivity contribution in [1.29, 1.82) is 0 Å². The van der Waals surface area contributed by atoms with Crippen molar-refractivity contribution in [1.82, 2.24) is 0 Å². The van der Waals surface area contributed by atoms with Gasteiger partial charge in [0.25, 0.3) is 0 Å². The fourth-order valence-corrected chi connectivity index (χ4v) is 2.44. The molecule has 0 spiro atoms. The first kappa shape index (κ1) is 11.0. The smallest absolute Gasteiger partial charge is 0.218 e. The van der Waals surface area contributed by atoms with Crippen molar-refractivity contribution >= 4 is 11.9 Å². The van der Waals surface area contributed by atoms with E-state index in [-0.39, 0.29) is 0 Å². The monoisotopic (exact) mass is 237 g/mol. The summed E-state index contributed by atoms with van der Waals surface area (Å²) in [7, 11) is 2.14. The van der Waals surface area contributed by atoms with Crippen molar-refractivity contribution < 1.29 is 4.58 Å². The summed E-state index contributed by atoms with van der Waals surface area (Å²) in [6.45, 7) is 1.89. The molecule has 0 saturated heterocycles. The number of benzene rings is 2. The highest BCUT2D eigenvalue weighted by molar-refractivity contribution is 5.86. The fraction of sp³-hybridized carbons (Fsp3) is 0.188. The van der Waals surface area contributed by atoms with Crippen LogP contribution in [0, 0.1) is 0 Å². The lowest BCUT2D eigenvalue weighted by Gasteiger charge is -2.23. The number of para-hydroxylation sites is 1. The van der Waals surface area contributed by atoms with Gasteiger partial charge < -0.3 is 4.90 Å². The van der Waals surface area contributed by atoms with Crippen LogP contribution in [0.4, 0.5) is 5.69 Å². The summed E-state index contributed by atoms with van der Waals surface area (Å²) in [6.07, 6.45) is 2.25. The Balaban J connectivity index is 1.89. The van der Waals surface area contributed by atoms with Gasteiger partial charge in [-0.3, -0.25) is 0 Å². The summed E-state index contributed by atoms with van der Waals surface area (Å²) in [5.74, 6) is 0. The first-order valence-corrected chi connectivity index (χ1v) is 6.26. The van der Waals surface area contributed by atoms with Gasteiger partial charge in [-0.2, -0.15) is 0 Å². The van der Waals surface area contributed by atoms with Gasteiger partial charge in [-0.1, -0.05) is 42.5 Å². The van der Waals surface area contributed by atoms with E-state index >= 15 is 0 Å². The van der Waals surface area contributed by atoms with Crippen molar-refractivity contribution in [2.24, 2.45) is 0 Å². The summed E-state index contributed by atoms with van der Waals surface area (Å²) in [5, 5.41) is 0. The molecule has 0 atom stereocenters. The molecule has 90 valence electrons. The van der Waals surface area contributed by atoms with E-state index in [2.05, 4.69) is 77.3 Å². The second kappa shape index (κ2) is 4.65. The number of hydrogen-bond donors (Lipinski definition) is 0. The highest BCUT2D eigenvalue weighted by Crippen LogP contribution is 2.20. The zero-order valence-electron chi connectivity index (χ0n) is 10.6. The van der Waals surface area contributed by atoms with Crippen molar-refractivity contribution in [3.63, 3.8) is 0 Å². The zero-order chi connectivity index (χ0) is 12.4. The van der Waals surface area contributed by atoms with Crippen LogP contribution in [0.5, 0.6) is 0 Å². The highest BCUT2D eigenvalue weighted by Gasteiger charge is 2.19. The second-order valence-electron chi connectivity index (χ2n) is 4.76. The quantitative estimate of drug-likeness (QED) is 0.728. The molecule has 0 fully saturated rings. The molecular formula is C16H17N2+. The molecule has 0 saturated carbocycles. The molecule has 1 aliphatic rings. The van der Waals surface area contributed by atoms with Crippen LogP contribution in [-0.2, 0) is 6.54 Å². The molecule has 2 aromatic carbocycles. The zero-order valence-corrected chi connectivity index (χ0v) is 10.6. The van der Waals surface area contributed by atoms with Gasteiger partial charge in [0.15, 0.2) is 12.8 Å². The Kier molecular flexibility index (Phi) is 2.85. The molecule has 2 nitrogen and oxygen atoms in total. The molecule has 18 heavy (non-hydrogen) atoms. The first-order valence-electron chi connectivity index (χ1n) is 6.26. The first-order chi connectivity index (χ1) is 8.83. The van der Waals surface area contributed by atoms with Crippen molar-refractivity contribution in [2.75, 3.05) is 18.6 Å². The molecule has 1 heterocycles. The highest BCUT2D eigenvalue weighted by atomic mass is 15.3. The molecule has 0 aromatic heterocycles. The summed E-state index contributed by atoms with van der Waals surface area (Å²) < 4.78 is 2.34. The molecule has 0 radical (unpaired) electrons. The second-order valence-corrected chi connectivity index (χ2v) is 4.76. The summed E-state index contributed by atoms with van der Waals surface area (Å²) in [6, 6.07) is 19.1. The SMILES string of the molecule is CN1C[N+](Cc2ccccc2)=Cc2ccccc21. The van der Waals surface area contributed by atoms with E-state index in [9.17, 15) is 0 Å². The maximum Gasteiger partial charge on any atom is 0.218 e. The fourth-order valence-electron chi connectivity index (χ4n) is 2.44. The van der Waals surface area contributed by atoms with Crippen LogP contribution >= 0.6 is 0 Å². The summed E-state index contributed by atoms with van der Waals surface area (Å²) in [4.78, 5) is 2.29. The third kappa shape index (κ3) is 2.14. The third-order valence-electron chi connectivity index (χ3n) is 3.29. The Morgan fingerprint density at radius 1 is 1.00 bits per heavy atom. The van der Waals surface area contributed by atoms with Gasteiger partial charge in [0.1, 0.15) is 0 Å². The maximum atomic E-state index is 2.34. The van der Waals surface area contributed by atoms with E-state index in [4.69, 9.17) is 0 Å². The van der Waals surface area contributed by atoms with Gasteiger partial charge in [0, 0.05) is 12.6 Å². The maximum absolute atomic E-state index is 2.34. The Morgan fingerprint density at radius 2 is 1.72 bits per heavy atom. The van der Waals surface area contributed by atoms with Crippen molar-refractivity contribution in [3.8, 4) is 0 Å². The van der Waals surface area contributed by atoms with Gasteiger partial charge >= 0.3 is 0 Å². The van der Waals surface area contributed by atoms with Gasteiger partial charge in [0.2, 0.25) is 6.67 Å². The molecule has 2 heteroatoms. The molecule has 3 rings (SSSR count). The van der Waals surface area contributed by atoms with Gasteiger partial charge in [-0.15, -0.1) is 0 Å². The van der Waals surface area contributed by atoms with Crippen molar-refractivity contribution in [3.05, 3.63) is 65.7 Å². The molecule has 2 aromatic rings. The van der Waals surface area contributed by atoms with Crippen LogP contribution in [0.1, 0.15) is 11.1 Å². The molecular weight excluding hydrogens is 220 g/mol. The predicted molar refractivity (Wildman–Crippen MR) is 75.3 cm³/mol. The number of anilines is 1. The van der Waals surface area contributed by atoms with Crippen LogP contribution in [0.15, 0.2) is 54.6 Å². The van der Waals surface area contributed by atoms with E-state index in [1.807, 2.05) is 0 Å². The van der Waals surface area contributed by atoms with Crippen LogP contribution in [0.2, 0.25) is 0 Å². The number of hydrogen-bond acceptors (Lipinski definition) is 1. The minimum atomic E-state index is 0.936. The van der Waals surface area contributed by atoms with E-state index in [0.717, 1.165) is 13.2 Å². The lowest BCUT2D eigenvalue weighted by Crippen LogP contribution is -2.34.